The van der Waals surface area contributed by atoms with E-state index in [1.165, 1.54) is 17.2 Å². The molecule has 0 saturated carbocycles. The molecule has 13 heavy (non-hydrogen) atoms. The van der Waals surface area contributed by atoms with Crippen LogP contribution in [0.5, 0.6) is 0 Å². The first-order chi connectivity index (χ1) is 6.40. The van der Waals surface area contributed by atoms with Gasteiger partial charge in [-0.2, -0.15) is 5.10 Å². The Balaban J connectivity index is 2.40. The normalized spacial score (nSPS) is 9.46. The first-order valence-electron chi connectivity index (χ1n) is 3.58. The molecule has 5 heteroatoms. The van der Waals surface area contributed by atoms with Gasteiger partial charge in [0.05, 0.1) is 6.57 Å². The van der Waals surface area contributed by atoms with E-state index in [-0.39, 0.29) is 0 Å². The highest BCUT2D eigenvalue weighted by atomic mass is 15.3. The Morgan fingerprint density at radius 2 is 2.31 bits per heavy atom. The van der Waals surface area contributed by atoms with Crippen LogP contribution in [-0.4, -0.2) is 19.7 Å². The van der Waals surface area contributed by atoms with Gasteiger partial charge in [-0.3, -0.25) is 0 Å². The summed E-state index contributed by atoms with van der Waals surface area (Å²) in [6.07, 6.45) is 4.49. The largest absolute Gasteiger partial charge is 0.249 e. The molecule has 2 aromatic rings. The van der Waals surface area contributed by atoms with Gasteiger partial charge in [0.1, 0.15) is 12.7 Å². The zero-order valence-electron chi connectivity index (χ0n) is 6.62. The average molecular weight is 171 g/mol. The minimum Gasteiger partial charge on any atom is -0.249 e. The van der Waals surface area contributed by atoms with E-state index < -0.39 is 0 Å². The van der Waals surface area contributed by atoms with Gasteiger partial charge in [0.2, 0.25) is 5.69 Å². The number of nitrogens with zero attached hydrogens (tertiary/aromatic N) is 5. The molecule has 0 fully saturated rings. The van der Waals surface area contributed by atoms with Crippen LogP contribution in [0.15, 0.2) is 31.0 Å². The molecular weight excluding hydrogens is 166 g/mol. The Morgan fingerprint density at radius 3 is 2.85 bits per heavy atom. The van der Waals surface area contributed by atoms with E-state index in [4.69, 9.17) is 6.57 Å². The third-order valence-corrected chi connectivity index (χ3v) is 1.51. The van der Waals surface area contributed by atoms with Gasteiger partial charge in [-0.05, 0) is 6.07 Å². The fourth-order valence-corrected chi connectivity index (χ4v) is 0.906. The summed E-state index contributed by atoms with van der Waals surface area (Å²) in [5.74, 6) is 0.657. The number of aromatic nitrogens is 4. The fraction of sp³-hybridized carbons (Fsp3) is 0. The third-order valence-electron chi connectivity index (χ3n) is 1.51. The van der Waals surface area contributed by atoms with Crippen LogP contribution in [0.25, 0.3) is 10.7 Å². The lowest BCUT2D eigenvalue weighted by atomic mass is 10.4. The number of rotatable bonds is 1. The van der Waals surface area contributed by atoms with Gasteiger partial charge in [0.25, 0.3) is 0 Å². The summed E-state index contributed by atoms with van der Waals surface area (Å²) in [4.78, 5) is 11.1. The smallest absolute Gasteiger partial charge is 0.205 e. The second-order valence-electron chi connectivity index (χ2n) is 2.33. The molecule has 2 aromatic heterocycles. The topological polar surface area (TPSA) is 48.0 Å². The van der Waals surface area contributed by atoms with Crippen LogP contribution in [0.1, 0.15) is 0 Å². The molecule has 0 aliphatic rings. The lowest BCUT2D eigenvalue weighted by Crippen LogP contribution is -1.96. The highest BCUT2D eigenvalue weighted by Crippen LogP contribution is 2.10. The maximum Gasteiger partial charge on any atom is 0.205 e. The van der Waals surface area contributed by atoms with Crippen molar-refractivity contribution in [1.82, 2.24) is 19.7 Å². The van der Waals surface area contributed by atoms with Gasteiger partial charge in [-0.25, -0.2) is 19.5 Å². The van der Waals surface area contributed by atoms with Crippen LogP contribution in [-0.2, 0) is 0 Å². The standard InChI is InChI=1S/C8H5N5/c1-9-7-2-3-8(11-4-7)13-6-10-5-12-13/h2-6H. The quantitative estimate of drug-likeness (QED) is 0.606. The summed E-state index contributed by atoms with van der Waals surface area (Å²) in [5.41, 5.74) is 0.517. The summed E-state index contributed by atoms with van der Waals surface area (Å²) in [6, 6.07) is 3.42. The molecule has 2 rings (SSSR count). The number of hydrogen-bond acceptors (Lipinski definition) is 3. The number of pyridine rings is 1. The molecule has 0 bridgehead atoms. The van der Waals surface area contributed by atoms with Crippen molar-refractivity contribution in [2.24, 2.45) is 0 Å². The van der Waals surface area contributed by atoms with E-state index in [1.807, 2.05) is 0 Å². The highest BCUT2D eigenvalue weighted by molar-refractivity contribution is 5.43. The molecule has 0 aliphatic carbocycles. The van der Waals surface area contributed by atoms with Gasteiger partial charge in [0.15, 0.2) is 5.82 Å². The van der Waals surface area contributed by atoms with E-state index in [2.05, 4.69) is 19.9 Å². The van der Waals surface area contributed by atoms with Crippen molar-refractivity contribution in [2.45, 2.75) is 0 Å². The summed E-state index contributed by atoms with van der Waals surface area (Å²) < 4.78 is 1.54. The van der Waals surface area contributed by atoms with Crippen LogP contribution in [0, 0.1) is 6.57 Å². The van der Waals surface area contributed by atoms with Crippen molar-refractivity contribution in [3.05, 3.63) is 42.4 Å². The van der Waals surface area contributed by atoms with Crippen LogP contribution < -0.4 is 0 Å². The zero-order chi connectivity index (χ0) is 9.10. The Morgan fingerprint density at radius 1 is 1.38 bits per heavy atom. The molecule has 0 amide bonds. The van der Waals surface area contributed by atoms with Crippen LogP contribution in [0.2, 0.25) is 0 Å². The van der Waals surface area contributed by atoms with E-state index in [9.17, 15) is 0 Å². The van der Waals surface area contributed by atoms with E-state index in [1.54, 1.807) is 18.5 Å². The lowest BCUT2D eigenvalue weighted by molar-refractivity contribution is 0.846. The summed E-state index contributed by atoms with van der Waals surface area (Å²) >= 11 is 0. The van der Waals surface area contributed by atoms with E-state index >= 15 is 0 Å². The average Bonchev–Trinajstić information content (AvgIpc) is 2.71. The second-order valence-corrected chi connectivity index (χ2v) is 2.33. The molecule has 0 spiro atoms. The molecule has 62 valence electrons. The molecular formula is C8H5N5. The Bertz CT molecular complexity index is 423. The minimum atomic E-state index is 0.517. The molecule has 0 radical (unpaired) electrons. The minimum absolute atomic E-state index is 0.517. The maximum absolute atomic E-state index is 6.74. The van der Waals surface area contributed by atoms with Crippen molar-refractivity contribution >= 4 is 5.69 Å². The molecule has 5 nitrogen and oxygen atoms in total. The van der Waals surface area contributed by atoms with Gasteiger partial charge in [-0.1, -0.05) is 6.07 Å². The first kappa shape index (κ1) is 7.43. The van der Waals surface area contributed by atoms with Gasteiger partial charge < -0.3 is 0 Å². The monoisotopic (exact) mass is 171 g/mol. The van der Waals surface area contributed by atoms with E-state index in [0.717, 1.165) is 0 Å². The van der Waals surface area contributed by atoms with Gasteiger partial charge in [0, 0.05) is 6.20 Å². The highest BCUT2D eigenvalue weighted by Gasteiger charge is 1.97. The van der Waals surface area contributed by atoms with Crippen molar-refractivity contribution in [1.29, 1.82) is 0 Å². The Kier molecular flexibility index (Phi) is 1.73. The predicted octanol–water partition coefficient (Wildman–Crippen LogP) is 1.21. The first-order valence-corrected chi connectivity index (χ1v) is 3.58. The molecule has 0 N–H and O–H groups in total. The van der Waals surface area contributed by atoms with Crippen molar-refractivity contribution in [3.63, 3.8) is 0 Å². The van der Waals surface area contributed by atoms with Crippen LogP contribution in [0.4, 0.5) is 5.69 Å². The summed E-state index contributed by atoms with van der Waals surface area (Å²) in [7, 11) is 0. The fourth-order valence-electron chi connectivity index (χ4n) is 0.906. The zero-order valence-corrected chi connectivity index (χ0v) is 6.62. The molecule has 0 aromatic carbocycles. The van der Waals surface area contributed by atoms with Crippen molar-refractivity contribution < 1.29 is 0 Å². The van der Waals surface area contributed by atoms with Crippen LogP contribution >= 0.6 is 0 Å². The molecule has 0 saturated heterocycles. The lowest BCUT2D eigenvalue weighted by Gasteiger charge is -1.97. The van der Waals surface area contributed by atoms with Crippen LogP contribution in [0.3, 0.4) is 0 Å². The Hall–Kier alpha value is -2.22. The molecule has 0 aliphatic heterocycles. The molecule has 0 unspecified atom stereocenters. The van der Waals surface area contributed by atoms with E-state index in [0.29, 0.717) is 11.5 Å². The Labute approximate surface area is 74.5 Å². The summed E-state index contributed by atoms with van der Waals surface area (Å²) in [5, 5.41) is 3.91. The predicted molar refractivity (Wildman–Crippen MR) is 45.4 cm³/mol. The molecule has 0 atom stereocenters. The SMILES string of the molecule is [C-]#[N+]c1ccc(-n2cncn2)nc1. The van der Waals surface area contributed by atoms with Gasteiger partial charge in [-0.15, -0.1) is 0 Å². The van der Waals surface area contributed by atoms with Gasteiger partial charge >= 0.3 is 0 Å². The van der Waals surface area contributed by atoms with Crippen molar-refractivity contribution in [2.75, 3.05) is 0 Å². The summed E-state index contributed by atoms with van der Waals surface area (Å²) in [6.45, 7) is 6.74. The number of hydrogen-bond donors (Lipinski definition) is 0. The van der Waals surface area contributed by atoms with Crippen molar-refractivity contribution in [3.8, 4) is 5.82 Å². The second kappa shape index (κ2) is 3.03. The third kappa shape index (κ3) is 1.37. The maximum atomic E-state index is 6.74. The molecule has 2 heterocycles.